The zero-order valence-electron chi connectivity index (χ0n) is 19.5. The number of nitro benzene ring substituents is 2. The van der Waals surface area contributed by atoms with Gasteiger partial charge >= 0.3 is 0 Å². The predicted molar refractivity (Wildman–Crippen MR) is 136 cm³/mol. The molecular weight excluding hydrogens is 462 g/mol. The summed E-state index contributed by atoms with van der Waals surface area (Å²) in [6, 6.07) is 17.6. The summed E-state index contributed by atoms with van der Waals surface area (Å²) in [7, 11) is 0. The molecule has 0 N–H and O–H groups in total. The average Bonchev–Trinajstić information content (AvgIpc) is 2.87. The Hall–Kier alpha value is -4.97. The first kappa shape index (κ1) is 25.6. The third kappa shape index (κ3) is 6.33. The van der Waals surface area contributed by atoms with Gasteiger partial charge in [-0.2, -0.15) is 5.26 Å². The number of hydrogen-bond donors (Lipinski definition) is 0. The third-order valence-electron chi connectivity index (χ3n) is 5.17. The van der Waals surface area contributed by atoms with Crippen molar-refractivity contribution in [3.63, 3.8) is 0 Å². The van der Waals surface area contributed by atoms with Crippen molar-refractivity contribution >= 4 is 23.0 Å². The van der Waals surface area contributed by atoms with E-state index in [0.717, 1.165) is 11.1 Å². The molecule has 0 bridgehead atoms. The number of nitrogens with zero attached hydrogens (tertiary/aromatic N) is 3. The molecule has 0 spiro atoms. The minimum Gasteiger partial charge on any atom is -0.490 e. The van der Waals surface area contributed by atoms with Crippen LogP contribution in [-0.2, 0) is 13.0 Å². The van der Waals surface area contributed by atoms with Crippen LogP contribution >= 0.6 is 0 Å². The van der Waals surface area contributed by atoms with Crippen molar-refractivity contribution in [1.29, 1.82) is 5.26 Å². The molecule has 0 heterocycles. The molecule has 0 saturated heterocycles. The van der Waals surface area contributed by atoms with Gasteiger partial charge in [0.1, 0.15) is 6.61 Å². The molecule has 182 valence electrons. The van der Waals surface area contributed by atoms with Crippen molar-refractivity contribution in [1.82, 2.24) is 0 Å². The zero-order chi connectivity index (χ0) is 26.1. The molecule has 0 unspecified atom stereocenters. The van der Waals surface area contributed by atoms with Gasteiger partial charge in [-0.1, -0.05) is 6.08 Å². The van der Waals surface area contributed by atoms with E-state index < -0.39 is 9.85 Å². The molecule has 0 fully saturated rings. The number of hydrogen-bond acceptors (Lipinski definition) is 7. The lowest BCUT2D eigenvalue weighted by Gasteiger charge is -2.17. The maximum absolute atomic E-state index is 10.9. The molecule has 0 atom stereocenters. The van der Waals surface area contributed by atoms with Crippen LogP contribution in [-0.4, -0.2) is 16.5 Å². The van der Waals surface area contributed by atoms with Gasteiger partial charge in [-0.15, -0.1) is 6.58 Å². The standard InChI is InChI=1S/C27H23N3O6/c1-3-5-22-14-20(15-23(17-28)21-8-12-25(13-9-21)30(33)34)16-26(35-4-2)27(22)36-18-19-6-10-24(11-7-19)29(31)32/h3,6-16H,1,4-5,18H2,2H3/b23-15+. The third-order valence-corrected chi connectivity index (χ3v) is 5.17. The fraction of sp³-hybridized carbons (Fsp3) is 0.148. The Morgan fingerprint density at radius 2 is 1.61 bits per heavy atom. The highest BCUT2D eigenvalue weighted by Crippen LogP contribution is 2.36. The number of non-ortho nitro benzene ring substituents is 2. The summed E-state index contributed by atoms with van der Waals surface area (Å²) in [5.41, 5.74) is 3.04. The smallest absolute Gasteiger partial charge is 0.269 e. The minimum absolute atomic E-state index is 0.00133. The second kappa shape index (κ2) is 11.9. The number of benzene rings is 3. The molecule has 0 aliphatic heterocycles. The lowest BCUT2D eigenvalue weighted by molar-refractivity contribution is -0.385. The Morgan fingerprint density at radius 3 is 2.14 bits per heavy atom. The second-order valence-corrected chi connectivity index (χ2v) is 7.62. The van der Waals surface area contributed by atoms with Crippen LogP contribution in [0.15, 0.2) is 73.3 Å². The van der Waals surface area contributed by atoms with Crippen LogP contribution < -0.4 is 9.47 Å². The van der Waals surface area contributed by atoms with Crippen molar-refractivity contribution in [3.05, 3.63) is 116 Å². The maximum Gasteiger partial charge on any atom is 0.269 e. The Kier molecular flexibility index (Phi) is 8.51. The average molecular weight is 485 g/mol. The number of nitro groups is 2. The molecular formula is C27H23N3O6. The van der Waals surface area contributed by atoms with Gasteiger partial charge in [0.25, 0.3) is 11.4 Å². The lowest BCUT2D eigenvalue weighted by Crippen LogP contribution is -2.03. The van der Waals surface area contributed by atoms with E-state index in [1.165, 1.54) is 36.4 Å². The second-order valence-electron chi connectivity index (χ2n) is 7.62. The van der Waals surface area contributed by atoms with Gasteiger partial charge in [0.2, 0.25) is 0 Å². The number of rotatable bonds is 11. The highest BCUT2D eigenvalue weighted by atomic mass is 16.6. The Morgan fingerprint density at radius 1 is 1.00 bits per heavy atom. The van der Waals surface area contributed by atoms with E-state index in [0.29, 0.717) is 41.2 Å². The number of nitriles is 1. The van der Waals surface area contributed by atoms with Gasteiger partial charge < -0.3 is 9.47 Å². The summed E-state index contributed by atoms with van der Waals surface area (Å²) in [6.07, 6.45) is 3.87. The Bertz CT molecular complexity index is 1340. The highest BCUT2D eigenvalue weighted by molar-refractivity contribution is 5.90. The van der Waals surface area contributed by atoms with E-state index in [2.05, 4.69) is 12.6 Å². The Balaban J connectivity index is 1.96. The van der Waals surface area contributed by atoms with Crippen LogP contribution in [0.1, 0.15) is 29.2 Å². The monoisotopic (exact) mass is 485 g/mol. The van der Waals surface area contributed by atoms with Gasteiger partial charge in [0, 0.05) is 29.8 Å². The van der Waals surface area contributed by atoms with Gasteiger partial charge in [0.05, 0.1) is 28.1 Å². The fourth-order valence-corrected chi connectivity index (χ4v) is 3.48. The lowest BCUT2D eigenvalue weighted by atomic mass is 10.0. The van der Waals surface area contributed by atoms with Crippen molar-refractivity contribution in [2.45, 2.75) is 20.0 Å². The number of ether oxygens (including phenoxy) is 2. The summed E-state index contributed by atoms with van der Waals surface area (Å²) in [6.45, 7) is 6.20. The van der Waals surface area contributed by atoms with Crippen molar-refractivity contribution in [2.75, 3.05) is 6.61 Å². The number of allylic oxidation sites excluding steroid dienone is 2. The normalized spacial score (nSPS) is 10.8. The van der Waals surface area contributed by atoms with Gasteiger partial charge in [0.15, 0.2) is 11.5 Å². The van der Waals surface area contributed by atoms with E-state index in [-0.39, 0.29) is 18.0 Å². The van der Waals surface area contributed by atoms with E-state index in [4.69, 9.17) is 9.47 Å². The van der Waals surface area contributed by atoms with Crippen LogP contribution in [0.5, 0.6) is 11.5 Å². The minimum atomic E-state index is -0.495. The predicted octanol–water partition coefficient (Wildman–Crippen LogP) is 6.27. The molecule has 3 aromatic carbocycles. The SMILES string of the molecule is C=CCc1cc(/C=C(\C#N)c2ccc([N+](=O)[O-])cc2)cc(OCC)c1OCc1ccc([N+](=O)[O-])cc1. The zero-order valence-corrected chi connectivity index (χ0v) is 19.5. The summed E-state index contributed by atoms with van der Waals surface area (Å²) in [5, 5.41) is 31.5. The van der Waals surface area contributed by atoms with Crippen molar-refractivity contribution in [2.24, 2.45) is 0 Å². The first-order valence-electron chi connectivity index (χ1n) is 11.0. The molecule has 9 heteroatoms. The largest absolute Gasteiger partial charge is 0.490 e. The van der Waals surface area contributed by atoms with Gasteiger partial charge in [-0.05, 0) is 72.5 Å². The van der Waals surface area contributed by atoms with Crippen LogP contribution in [0.25, 0.3) is 11.6 Å². The van der Waals surface area contributed by atoms with Crippen LogP contribution in [0, 0.1) is 31.6 Å². The molecule has 0 amide bonds. The van der Waals surface area contributed by atoms with E-state index in [9.17, 15) is 25.5 Å². The Labute approximate surface area is 207 Å². The summed E-state index contributed by atoms with van der Waals surface area (Å²) < 4.78 is 11.9. The van der Waals surface area contributed by atoms with E-state index in [1.54, 1.807) is 30.4 Å². The molecule has 3 rings (SSSR count). The van der Waals surface area contributed by atoms with E-state index in [1.807, 2.05) is 13.0 Å². The molecule has 0 aliphatic carbocycles. The van der Waals surface area contributed by atoms with Gasteiger partial charge in [-0.3, -0.25) is 20.2 Å². The summed E-state index contributed by atoms with van der Waals surface area (Å²) in [5.74, 6) is 0.993. The summed E-state index contributed by atoms with van der Waals surface area (Å²) in [4.78, 5) is 20.9. The highest BCUT2D eigenvalue weighted by Gasteiger charge is 2.15. The van der Waals surface area contributed by atoms with Crippen molar-refractivity contribution < 1.29 is 19.3 Å². The van der Waals surface area contributed by atoms with Crippen molar-refractivity contribution in [3.8, 4) is 17.6 Å². The van der Waals surface area contributed by atoms with Gasteiger partial charge in [-0.25, -0.2) is 0 Å². The molecule has 9 nitrogen and oxygen atoms in total. The maximum atomic E-state index is 10.9. The quantitative estimate of drug-likeness (QED) is 0.103. The van der Waals surface area contributed by atoms with E-state index >= 15 is 0 Å². The molecule has 36 heavy (non-hydrogen) atoms. The van der Waals surface area contributed by atoms with Crippen LogP contribution in [0.2, 0.25) is 0 Å². The molecule has 0 radical (unpaired) electrons. The molecule has 0 saturated carbocycles. The van der Waals surface area contributed by atoms with Crippen LogP contribution in [0.4, 0.5) is 11.4 Å². The molecule has 3 aromatic rings. The van der Waals surface area contributed by atoms with Crippen LogP contribution in [0.3, 0.4) is 0 Å². The first-order valence-corrected chi connectivity index (χ1v) is 11.0. The molecule has 0 aliphatic rings. The summed E-state index contributed by atoms with van der Waals surface area (Å²) >= 11 is 0. The fourth-order valence-electron chi connectivity index (χ4n) is 3.48. The first-order chi connectivity index (χ1) is 17.4. The molecule has 0 aromatic heterocycles. The topological polar surface area (TPSA) is 129 Å².